The molecule has 1 fully saturated rings. The number of nitrogens with one attached hydrogen (secondary N) is 1. The van der Waals surface area contributed by atoms with Crippen LogP contribution < -0.4 is 10.1 Å². The van der Waals surface area contributed by atoms with Crippen LogP contribution in [0.1, 0.15) is 6.42 Å². The summed E-state index contributed by atoms with van der Waals surface area (Å²) < 4.78 is 20.3. The SMILES string of the molecule is COc1ncccc1-c1cc2cc(NC(=O)C3CC3F)ncc2n1C. The molecule has 128 valence electrons. The molecule has 0 radical (unpaired) electrons. The quantitative estimate of drug-likeness (QED) is 0.793. The number of anilines is 1. The molecule has 25 heavy (non-hydrogen) atoms. The molecule has 2 unspecified atom stereocenters. The number of hydrogen-bond acceptors (Lipinski definition) is 4. The first-order chi connectivity index (χ1) is 12.1. The van der Waals surface area contributed by atoms with Gasteiger partial charge in [-0.1, -0.05) is 0 Å². The van der Waals surface area contributed by atoms with Gasteiger partial charge < -0.3 is 14.6 Å². The molecular weight excluding hydrogens is 323 g/mol. The van der Waals surface area contributed by atoms with E-state index in [0.29, 0.717) is 18.1 Å². The summed E-state index contributed by atoms with van der Waals surface area (Å²) >= 11 is 0. The Bertz CT molecular complexity index is 969. The summed E-state index contributed by atoms with van der Waals surface area (Å²) in [6, 6.07) is 7.56. The lowest BCUT2D eigenvalue weighted by atomic mass is 10.2. The second-order valence-corrected chi connectivity index (χ2v) is 6.12. The van der Waals surface area contributed by atoms with Crippen molar-refractivity contribution >= 4 is 22.6 Å². The first-order valence-electron chi connectivity index (χ1n) is 7.98. The molecule has 1 amide bonds. The Morgan fingerprint density at radius 3 is 2.92 bits per heavy atom. The van der Waals surface area contributed by atoms with E-state index in [0.717, 1.165) is 22.2 Å². The molecule has 0 aliphatic heterocycles. The number of carbonyl (C=O) groups excluding carboxylic acids is 1. The van der Waals surface area contributed by atoms with Gasteiger partial charge >= 0.3 is 0 Å². The average Bonchev–Trinajstić information content (AvgIpc) is 3.27. The van der Waals surface area contributed by atoms with Crippen LogP contribution in [-0.4, -0.2) is 33.7 Å². The molecule has 0 bridgehead atoms. The van der Waals surface area contributed by atoms with Crippen molar-refractivity contribution < 1.29 is 13.9 Å². The van der Waals surface area contributed by atoms with Crippen LogP contribution in [0, 0.1) is 5.92 Å². The van der Waals surface area contributed by atoms with Gasteiger partial charge in [-0.2, -0.15) is 0 Å². The Morgan fingerprint density at radius 2 is 2.20 bits per heavy atom. The lowest BCUT2D eigenvalue weighted by molar-refractivity contribution is -0.117. The molecule has 6 nitrogen and oxygen atoms in total. The molecule has 0 spiro atoms. The molecule has 1 saturated carbocycles. The predicted octanol–water partition coefficient (Wildman–Crippen LogP) is 2.94. The maximum atomic E-state index is 13.0. The Balaban J connectivity index is 1.71. The van der Waals surface area contributed by atoms with Crippen LogP contribution in [0.25, 0.3) is 22.2 Å². The van der Waals surface area contributed by atoms with Crippen molar-refractivity contribution in [2.45, 2.75) is 12.6 Å². The maximum absolute atomic E-state index is 13.0. The second kappa shape index (κ2) is 5.84. The van der Waals surface area contributed by atoms with Crippen LogP contribution in [0.3, 0.4) is 0 Å². The summed E-state index contributed by atoms with van der Waals surface area (Å²) in [5.74, 6) is 0.109. The minimum Gasteiger partial charge on any atom is -0.481 e. The van der Waals surface area contributed by atoms with Gasteiger partial charge in [-0.3, -0.25) is 4.79 Å². The van der Waals surface area contributed by atoms with Gasteiger partial charge in [0, 0.05) is 18.6 Å². The van der Waals surface area contributed by atoms with E-state index >= 15 is 0 Å². The van der Waals surface area contributed by atoms with E-state index in [9.17, 15) is 9.18 Å². The Morgan fingerprint density at radius 1 is 1.40 bits per heavy atom. The molecule has 7 heteroatoms. The first-order valence-corrected chi connectivity index (χ1v) is 7.98. The molecule has 4 rings (SSSR count). The number of carbonyl (C=O) groups is 1. The fourth-order valence-corrected chi connectivity index (χ4v) is 2.96. The fraction of sp³-hybridized carbons (Fsp3) is 0.278. The Labute approximate surface area is 143 Å². The van der Waals surface area contributed by atoms with Gasteiger partial charge in [0.1, 0.15) is 12.0 Å². The smallest absolute Gasteiger partial charge is 0.231 e. The monoisotopic (exact) mass is 340 g/mol. The summed E-state index contributed by atoms with van der Waals surface area (Å²) in [5, 5.41) is 3.60. The zero-order chi connectivity index (χ0) is 17.6. The van der Waals surface area contributed by atoms with Gasteiger partial charge in [-0.15, -0.1) is 0 Å². The van der Waals surface area contributed by atoms with Gasteiger partial charge in [-0.05, 0) is 30.7 Å². The summed E-state index contributed by atoms with van der Waals surface area (Å²) in [4.78, 5) is 20.4. The summed E-state index contributed by atoms with van der Waals surface area (Å²) in [6.07, 6.45) is 2.64. The number of ether oxygens (including phenoxy) is 1. The van der Waals surface area contributed by atoms with Crippen molar-refractivity contribution in [2.24, 2.45) is 13.0 Å². The van der Waals surface area contributed by atoms with Gasteiger partial charge in [0.25, 0.3) is 0 Å². The minimum absolute atomic E-state index is 0.296. The van der Waals surface area contributed by atoms with Crippen molar-refractivity contribution in [3.8, 4) is 17.1 Å². The minimum atomic E-state index is -1.02. The van der Waals surface area contributed by atoms with Crippen LogP contribution in [-0.2, 0) is 11.8 Å². The topological polar surface area (TPSA) is 69.0 Å². The molecule has 0 saturated heterocycles. The van der Waals surface area contributed by atoms with Crippen molar-refractivity contribution in [3.05, 3.63) is 36.7 Å². The number of fused-ring (bicyclic) bond motifs is 1. The standard InChI is InChI=1S/C18H17FN4O2/c1-23-14(11-4-3-5-20-18(11)25-2)6-10-7-16(21-9-15(10)23)22-17(24)12-8-13(12)19/h3-7,9,12-13H,8H2,1-2H3,(H,21,22,24). The van der Waals surface area contributed by atoms with Gasteiger partial charge in [0.15, 0.2) is 0 Å². The van der Waals surface area contributed by atoms with Gasteiger partial charge in [-0.25, -0.2) is 14.4 Å². The highest BCUT2D eigenvalue weighted by Crippen LogP contribution is 2.35. The molecule has 2 atom stereocenters. The van der Waals surface area contributed by atoms with Crippen molar-refractivity contribution in [2.75, 3.05) is 12.4 Å². The fourth-order valence-electron chi connectivity index (χ4n) is 2.96. The van der Waals surface area contributed by atoms with Crippen molar-refractivity contribution in [1.29, 1.82) is 0 Å². The summed E-state index contributed by atoms with van der Waals surface area (Å²) in [6.45, 7) is 0. The summed E-state index contributed by atoms with van der Waals surface area (Å²) in [5.41, 5.74) is 2.71. The Kier molecular flexibility index (Phi) is 3.63. The van der Waals surface area contributed by atoms with Crippen LogP contribution in [0.2, 0.25) is 0 Å². The lowest BCUT2D eigenvalue weighted by Gasteiger charge is -2.08. The number of aryl methyl sites for hydroxylation is 1. The van der Waals surface area contributed by atoms with Crippen molar-refractivity contribution in [3.63, 3.8) is 0 Å². The molecule has 1 aliphatic carbocycles. The van der Waals surface area contributed by atoms with E-state index in [-0.39, 0.29) is 5.91 Å². The van der Waals surface area contributed by atoms with E-state index < -0.39 is 12.1 Å². The molecule has 1 N–H and O–H groups in total. The van der Waals surface area contributed by atoms with Gasteiger partial charge in [0.2, 0.25) is 11.8 Å². The number of amides is 1. The molecule has 1 aliphatic rings. The predicted molar refractivity (Wildman–Crippen MR) is 92.1 cm³/mol. The largest absolute Gasteiger partial charge is 0.481 e. The average molecular weight is 340 g/mol. The lowest BCUT2D eigenvalue weighted by Crippen LogP contribution is -2.15. The Hall–Kier alpha value is -2.96. The van der Waals surface area contributed by atoms with Crippen LogP contribution >= 0.6 is 0 Å². The van der Waals surface area contributed by atoms with E-state index in [1.165, 1.54) is 0 Å². The summed E-state index contributed by atoms with van der Waals surface area (Å²) in [7, 11) is 3.52. The number of halogens is 1. The third-order valence-corrected chi connectivity index (χ3v) is 4.47. The third-order valence-electron chi connectivity index (χ3n) is 4.47. The van der Waals surface area contributed by atoms with E-state index in [4.69, 9.17) is 4.74 Å². The maximum Gasteiger partial charge on any atom is 0.231 e. The van der Waals surface area contributed by atoms with Crippen LogP contribution in [0.15, 0.2) is 36.7 Å². The number of nitrogens with zero attached hydrogens (tertiary/aromatic N) is 3. The number of pyridine rings is 2. The molecule has 3 aromatic heterocycles. The first kappa shape index (κ1) is 15.6. The highest BCUT2D eigenvalue weighted by atomic mass is 19.1. The van der Waals surface area contributed by atoms with Crippen molar-refractivity contribution in [1.82, 2.24) is 14.5 Å². The van der Waals surface area contributed by atoms with Gasteiger partial charge in [0.05, 0.1) is 36.0 Å². The highest BCUT2D eigenvalue weighted by Gasteiger charge is 2.43. The molecule has 0 aromatic carbocycles. The number of methoxy groups -OCH3 is 1. The normalized spacial score (nSPS) is 19.0. The number of hydrogen-bond donors (Lipinski definition) is 1. The number of alkyl halides is 1. The van der Waals surface area contributed by atoms with E-state index in [1.807, 2.05) is 29.8 Å². The second-order valence-electron chi connectivity index (χ2n) is 6.12. The highest BCUT2D eigenvalue weighted by molar-refractivity contribution is 5.96. The van der Waals surface area contributed by atoms with Crippen LogP contribution in [0.5, 0.6) is 5.88 Å². The van der Waals surface area contributed by atoms with E-state index in [1.54, 1.807) is 25.6 Å². The number of aromatic nitrogens is 3. The van der Waals surface area contributed by atoms with E-state index in [2.05, 4.69) is 15.3 Å². The molecular formula is C18H17FN4O2. The van der Waals surface area contributed by atoms with Crippen LogP contribution in [0.4, 0.5) is 10.2 Å². The third kappa shape index (κ3) is 2.71. The molecule has 3 aromatic rings. The number of rotatable bonds is 4. The zero-order valence-corrected chi connectivity index (χ0v) is 13.9. The zero-order valence-electron chi connectivity index (χ0n) is 13.9. The molecule has 3 heterocycles.